The normalized spacial score (nSPS) is 39.4. The number of piperidine rings is 1. The Morgan fingerprint density at radius 3 is 2.84 bits per heavy atom. The highest BCUT2D eigenvalue weighted by Gasteiger charge is 2.37. The molecule has 3 aliphatic rings. The summed E-state index contributed by atoms with van der Waals surface area (Å²) in [4.78, 5) is 17.3. The van der Waals surface area contributed by atoms with Crippen molar-refractivity contribution in [1.29, 1.82) is 0 Å². The molecule has 4 unspecified atom stereocenters. The summed E-state index contributed by atoms with van der Waals surface area (Å²) in [6.45, 7) is 5.35. The summed E-state index contributed by atoms with van der Waals surface area (Å²) in [5, 5.41) is 0. The number of carbonyl (C=O) groups is 1. The van der Waals surface area contributed by atoms with Gasteiger partial charge < -0.3 is 10.6 Å². The molecule has 19 heavy (non-hydrogen) atoms. The summed E-state index contributed by atoms with van der Waals surface area (Å²) in [6, 6.07) is 1.00. The molecule has 2 aliphatic heterocycles. The molecule has 0 bridgehead atoms. The molecule has 0 spiro atoms. The van der Waals surface area contributed by atoms with Crippen LogP contribution in [0.25, 0.3) is 0 Å². The van der Waals surface area contributed by atoms with Crippen molar-refractivity contribution >= 4 is 5.91 Å². The zero-order valence-corrected chi connectivity index (χ0v) is 11.8. The third-order valence-electron chi connectivity index (χ3n) is 4.90. The minimum absolute atomic E-state index is 0.0209. The number of hydrogen-bond donors (Lipinski definition) is 1. The van der Waals surface area contributed by atoms with E-state index in [1.54, 1.807) is 0 Å². The number of hydrogen-bond acceptors (Lipinski definition) is 3. The molecule has 0 aromatic heterocycles. The van der Waals surface area contributed by atoms with E-state index in [9.17, 15) is 4.79 Å². The molecule has 2 fully saturated rings. The van der Waals surface area contributed by atoms with Gasteiger partial charge in [0.15, 0.2) is 0 Å². The van der Waals surface area contributed by atoms with Crippen molar-refractivity contribution in [3.8, 4) is 0 Å². The van der Waals surface area contributed by atoms with Gasteiger partial charge in [-0.2, -0.15) is 0 Å². The minimum Gasteiger partial charge on any atom is -0.337 e. The van der Waals surface area contributed by atoms with Crippen LogP contribution < -0.4 is 5.73 Å². The van der Waals surface area contributed by atoms with Gasteiger partial charge in [-0.3, -0.25) is 9.69 Å². The fourth-order valence-corrected chi connectivity index (χ4v) is 3.78. The molecule has 2 N–H and O–H groups in total. The number of carbonyl (C=O) groups excluding carboxylic acids is 1. The lowest BCUT2D eigenvalue weighted by Crippen LogP contribution is -2.60. The predicted octanol–water partition coefficient (Wildman–Crippen LogP) is 0.975. The molecule has 1 amide bonds. The van der Waals surface area contributed by atoms with E-state index in [1.165, 1.54) is 25.8 Å². The third kappa shape index (κ3) is 2.56. The molecule has 3 rings (SSSR count). The van der Waals surface area contributed by atoms with Crippen molar-refractivity contribution in [3.63, 3.8) is 0 Å². The molecule has 106 valence electrons. The first-order chi connectivity index (χ1) is 9.15. The summed E-state index contributed by atoms with van der Waals surface area (Å²) < 4.78 is 0. The van der Waals surface area contributed by atoms with E-state index in [0.29, 0.717) is 18.0 Å². The van der Waals surface area contributed by atoms with E-state index >= 15 is 0 Å². The molecule has 0 aromatic carbocycles. The summed E-state index contributed by atoms with van der Waals surface area (Å²) in [6.07, 6.45) is 8.65. The first kappa shape index (κ1) is 13.1. The molecule has 2 heterocycles. The molecular formula is C15H25N3O. The van der Waals surface area contributed by atoms with Crippen molar-refractivity contribution in [2.45, 2.75) is 50.7 Å². The number of rotatable bonds is 1. The Balaban J connectivity index is 1.67. The Labute approximate surface area is 115 Å². The molecule has 0 radical (unpaired) electrons. The van der Waals surface area contributed by atoms with Crippen LogP contribution in [0.2, 0.25) is 0 Å². The maximum absolute atomic E-state index is 12.6. The Kier molecular flexibility index (Phi) is 3.63. The van der Waals surface area contributed by atoms with E-state index in [0.717, 1.165) is 19.5 Å². The number of piperazine rings is 1. The molecule has 2 saturated heterocycles. The second-order valence-corrected chi connectivity index (χ2v) is 6.38. The van der Waals surface area contributed by atoms with E-state index < -0.39 is 0 Å². The maximum Gasteiger partial charge on any atom is 0.229 e. The van der Waals surface area contributed by atoms with Crippen LogP contribution in [0, 0.1) is 5.92 Å². The van der Waals surface area contributed by atoms with Crippen LogP contribution in [0.15, 0.2) is 12.2 Å². The number of nitrogens with two attached hydrogens (primary N) is 1. The molecule has 4 nitrogen and oxygen atoms in total. The number of amides is 1. The molecule has 4 heteroatoms. The van der Waals surface area contributed by atoms with Crippen molar-refractivity contribution in [1.82, 2.24) is 9.80 Å². The fourth-order valence-electron chi connectivity index (χ4n) is 3.78. The second kappa shape index (κ2) is 5.25. The van der Waals surface area contributed by atoms with Gasteiger partial charge in [-0.1, -0.05) is 18.6 Å². The average molecular weight is 263 g/mol. The van der Waals surface area contributed by atoms with Gasteiger partial charge >= 0.3 is 0 Å². The highest BCUT2D eigenvalue weighted by molar-refractivity contribution is 5.81. The van der Waals surface area contributed by atoms with Crippen LogP contribution in [0.1, 0.15) is 32.6 Å². The van der Waals surface area contributed by atoms with Gasteiger partial charge in [-0.25, -0.2) is 0 Å². The monoisotopic (exact) mass is 263 g/mol. The second-order valence-electron chi connectivity index (χ2n) is 6.38. The Morgan fingerprint density at radius 1 is 1.26 bits per heavy atom. The average Bonchev–Trinajstić information content (AvgIpc) is 2.84. The Bertz CT molecular complexity index is 382. The lowest BCUT2D eigenvalue weighted by Gasteiger charge is -2.48. The van der Waals surface area contributed by atoms with Crippen LogP contribution >= 0.6 is 0 Å². The van der Waals surface area contributed by atoms with E-state index in [4.69, 9.17) is 5.73 Å². The summed E-state index contributed by atoms with van der Waals surface area (Å²) in [5.41, 5.74) is 5.87. The Hall–Kier alpha value is -0.870. The Morgan fingerprint density at radius 2 is 2.11 bits per heavy atom. The molecule has 0 saturated carbocycles. The molecule has 1 aliphatic carbocycles. The van der Waals surface area contributed by atoms with E-state index in [1.807, 2.05) is 12.2 Å². The summed E-state index contributed by atoms with van der Waals surface area (Å²) in [7, 11) is 0. The zero-order valence-electron chi connectivity index (χ0n) is 11.8. The van der Waals surface area contributed by atoms with Crippen molar-refractivity contribution in [3.05, 3.63) is 12.2 Å². The first-order valence-corrected chi connectivity index (χ1v) is 7.63. The van der Waals surface area contributed by atoms with Gasteiger partial charge in [-0.05, 0) is 32.7 Å². The molecule has 0 aromatic rings. The van der Waals surface area contributed by atoms with Gasteiger partial charge in [0.25, 0.3) is 0 Å². The highest BCUT2D eigenvalue weighted by atomic mass is 16.2. The standard InChI is InChI=1S/C15H25N3O/c1-11-9-17-7-3-2-4-14(17)10-18(11)15(19)12-5-6-13(16)8-12/h5-6,11-14H,2-4,7-10,16H2,1H3. The lowest BCUT2D eigenvalue weighted by atomic mass is 9.95. The van der Waals surface area contributed by atoms with Gasteiger partial charge in [0.1, 0.15) is 0 Å². The van der Waals surface area contributed by atoms with Crippen LogP contribution in [0.4, 0.5) is 0 Å². The lowest BCUT2D eigenvalue weighted by molar-refractivity contribution is -0.141. The zero-order chi connectivity index (χ0) is 13.4. The fraction of sp³-hybridized carbons (Fsp3) is 0.800. The van der Waals surface area contributed by atoms with Crippen molar-refractivity contribution in [2.24, 2.45) is 11.7 Å². The maximum atomic E-state index is 12.6. The smallest absolute Gasteiger partial charge is 0.229 e. The quantitative estimate of drug-likeness (QED) is 0.717. The van der Waals surface area contributed by atoms with Gasteiger partial charge in [0.05, 0.1) is 5.92 Å². The van der Waals surface area contributed by atoms with Gasteiger partial charge in [0, 0.05) is 31.2 Å². The SMILES string of the molecule is CC1CN2CCCCC2CN1C(=O)C1C=CC(N)C1. The van der Waals surface area contributed by atoms with E-state index in [-0.39, 0.29) is 12.0 Å². The number of fused-ring (bicyclic) bond motifs is 1. The predicted molar refractivity (Wildman–Crippen MR) is 75.6 cm³/mol. The van der Waals surface area contributed by atoms with E-state index in [2.05, 4.69) is 16.7 Å². The van der Waals surface area contributed by atoms with Gasteiger partial charge in [-0.15, -0.1) is 0 Å². The first-order valence-electron chi connectivity index (χ1n) is 7.63. The highest BCUT2D eigenvalue weighted by Crippen LogP contribution is 2.27. The minimum atomic E-state index is 0.0209. The van der Waals surface area contributed by atoms with Crippen LogP contribution in [0.3, 0.4) is 0 Å². The van der Waals surface area contributed by atoms with Crippen LogP contribution in [-0.4, -0.2) is 53.5 Å². The van der Waals surface area contributed by atoms with Crippen molar-refractivity contribution < 1.29 is 4.79 Å². The third-order valence-corrected chi connectivity index (χ3v) is 4.90. The van der Waals surface area contributed by atoms with Crippen molar-refractivity contribution in [2.75, 3.05) is 19.6 Å². The summed E-state index contributed by atoms with van der Waals surface area (Å²) >= 11 is 0. The topological polar surface area (TPSA) is 49.6 Å². The number of nitrogens with zero attached hydrogens (tertiary/aromatic N) is 2. The molecular weight excluding hydrogens is 238 g/mol. The molecule has 4 atom stereocenters. The summed E-state index contributed by atoms with van der Waals surface area (Å²) in [5.74, 6) is 0.314. The van der Waals surface area contributed by atoms with Crippen LogP contribution in [0.5, 0.6) is 0 Å². The van der Waals surface area contributed by atoms with Crippen LogP contribution in [-0.2, 0) is 4.79 Å². The largest absolute Gasteiger partial charge is 0.337 e. The van der Waals surface area contributed by atoms with Gasteiger partial charge in [0.2, 0.25) is 5.91 Å².